The van der Waals surface area contributed by atoms with E-state index in [1.807, 2.05) is 44.2 Å². The van der Waals surface area contributed by atoms with E-state index in [9.17, 15) is 13.2 Å². The maximum absolute atomic E-state index is 13.4. The Labute approximate surface area is 230 Å². The molecule has 1 aliphatic rings. The van der Waals surface area contributed by atoms with E-state index in [-0.39, 0.29) is 12.0 Å². The summed E-state index contributed by atoms with van der Waals surface area (Å²) in [7, 11) is -4.05. The Bertz CT molecular complexity index is 1560. The predicted molar refractivity (Wildman–Crippen MR) is 152 cm³/mol. The van der Waals surface area contributed by atoms with Gasteiger partial charge in [-0.15, -0.1) is 0 Å². The van der Waals surface area contributed by atoms with E-state index in [2.05, 4.69) is 21.8 Å². The van der Waals surface area contributed by atoms with Gasteiger partial charge in [0.1, 0.15) is 5.69 Å². The first-order chi connectivity index (χ1) is 18.8. The quantitative estimate of drug-likeness (QED) is 0.352. The van der Waals surface area contributed by atoms with Crippen LogP contribution in [0.5, 0.6) is 0 Å². The zero-order chi connectivity index (χ0) is 27.4. The fraction of sp³-hybridized carbons (Fsp3) is 0.267. The predicted octanol–water partition coefficient (Wildman–Crippen LogP) is 4.41. The molecule has 1 amide bonds. The maximum atomic E-state index is 13.4. The summed E-state index contributed by atoms with van der Waals surface area (Å²) >= 11 is 0. The lowest BCUT2D eigenvalue weighted by atomic mass is 10.0. The van der Waals surface area contributed by atoms with Crippen LogP contribution in [-0.4, -0.2) is 55.3 Å². The SMILES string of the molecule is Cc1cccc(C)c1Cn1nc(-c2cccc(CN3CCOCC3)c2)cc1C(=O)NS(=O)(=O)c1ccccc1.[HH]. The molecule has 0 aliphatic carbocycles. The minimum atomic E-state index is -4.05. The molecular formula is C30H34N4O4S. The number of ether oxygens (including phenoxy) is 1. The van der Waals surface area contributed by atoms with Crippen LogP contribution in [0.25, 0.3) is 11.3 Å². The van der Waals surface area contributed by atoms with Gasteiger partial charge in [-0.1, -0.05) is 54.6 Å². The Hall–Kier alpha value is -3.79. The maximum Gasteiger partial charge on any atom is 0.283 e. The van der Waals surface area contributed by atoms with Crippen molar-refractivity contribution in [2.45, 2.75) is 31.8 Å². The number of nitrogens with one attached hydrogen (secondary N) is 1. The number of carbonyl (C=O) groups is 1. The van der Waals surface area contributed by atoms with Crippen LogP contribution < -0.4 is 4.72 Å². The van der Waals surface area contributed by atoms with E-state index in [0.717, 1.165) is 60.7 Å². The molecule has 1 fully saturated rings. The Morgan fingerprint density at radius 3 is 2.33 bits per heavy atom. The van der Waals surface area contributed by atoms with Gasteiger partial charge >= 0.3 is 0 Å². The number of sulfonamides is 1. The van der Waals surface area contributed by atoms with Crippen molar-refractivity contribution in [3.8, 4) is 11.3 Å². The first kappa shape index (κ1) is 26.8. The van der Waals surface area contributed by atoms with E-state index in [4.69, 9.17) is 9.84 Å². The standard InChI is InChI=1S/C30H32N4O4S.H2/c1-22-8-6-9-23(2)27(22)21-34-29(30(35)32-39(36,37)26-12-4-3-5-13-26)19-28(31-34)25-11-7-10-24(18-25)20-33-14-16-38-17-15-33;/h3-13,18-19H,14-17,20-21H2,1-2H3,(H,32,35);1H. The molecule has 8 nitrogen and oxygen atoms in total. The lowest BCUT2D eigenvalue weighted by molar-refractivity contribution is 0.0342. The van der Waals surface area contributed by atoms with E-state index < -0.39 is 15.9 Å². The van der Waals surface area contributed by atoms with Crippen LogP contribution in [-0.2, 0) is 27.8 Å². The van der Waals surface area contributed by atoms with Crippen LogP contribution in [0, 0.1) is 13.8 Å². The molecule has 39 heavy (non-hydrogen) atoms. The van der Waals surface area contributed by atoms with E-state index in [0.29, 0.717) is 12.2 Å². The number of nitrogens with zero attached hydrogens (tertiary/aromatic N) is 3. The van der Waals surface area contributed by atoms with Crippen LogP contribution in [0.4, 0.5) is 0 Å². The first-order valence-corrected chi connectivity index (χ1v) is 14.4. The third-order valence-corrected chi connectivity index (χ3v) is 8.33. The van der Waals surface area contributed by atoms with Gasteiger partial charge in [-0.05, 0) is 60.4 Å². The average molecular weight is 547 g/mol. The smallest absolute Gasteiger partial charge is 0.283 e. The second kappa shape index (κ2) is 11.5. The van der Waals surface area contributed by atoms with Crippen molar-refractivity contribution in [3.05, 3.63) is 107 Å². The summed E-state index contributed by atoms with van der Waals surface area (Å²) in [6.07, 6.45) is 0. The second-order valence-electron chi connectivity index (χ2n) is 9.78. The van der Waals surface area contributed by atoms with Crippen LogP contribution in [0.3, 0.4) is 0 Å². The van der Waals surface area contributed by atoms with Gasteiger partial charge in [0.15, 0.2) is 0 Å². The minimum Gasteiger partial charge on any atom is -0.379 e. The molecule has 5 rings (SSSR count). The molecule has 9 heteroatoms. The molecule has 3 aromatic carbocycles. The molecule has 4 aromatic rings. The van der Waals surface area contributed by atoms with Crippen molar-refractivity contribution in [1.82, 2.24) is 19.4 Å². The fourth-order valence-corrected chi connectivity index (χ4v) is 5.77. The zero-order valence-corrected chi connectivity index (χ0v) is 22.9. The largest absolute Gasteiger partial charge is 0.379 e. The van der Waals surface area contributed by atoms with Gasteiger partial charge in [-0.2, -0.15) is 5.10 Å². The van der Waals surface area contributed by atoms with Gasteiger partial charge < -0.3 is 4.74 Å². The summed E-state index contributed by atoms with van der Waals surface area (Å²) in [5, 5.41) is 4.80. The van der Waals surface area contributed by atoms with Gasteiger partial charge in [0.2, 0.25) is 0 Å². The Morgan fingerprint density at radius 1 is 0.923 bits per heavy atom. The normalized spacial score (nSPS) is 14.3. The first-order valence-electron chi connectivity index (χ1n) is 12.9. The van der Waals surface area contributed by atoms with Crippen molar-refractivity contribution < 1.29 is 19.4 Å². The monoisotopic (exact) mass is 546 g/mol. The summed E-state index contributed by atoms with van der Waals surface area (Å²) < 4.78 is 35.1. The Kier molecular flexibility index (Phi) is 7.92. The van der Waals surface area contributed by atoms with E-state index in [1.165, 1.54) is 12.1 Å². The summed E-state index contributed by atoms with van der Waals surface area (Å²) in [5.41, 5.74) is 5.95. The molecule has 1 aromatic heterocycles. The van der Waals surface area contributed by atoms with Crippen molar-refractivity contribution in [2.75, 3.05) is 26.3 Å². The van der Waals surface area contributed by atoms with E-state index >= 15 is 0 Å². The number of benzene rings is 3. The number of aryl methyl sites for hydroxylation is 2. The van der Waals surface area contributed by atoms with Gasteiger partial charge in [-0.3, -0.25) is 14.4 Å². The third-order valence-electron chi connectivity index (χ3n) is 6.98. The van der Waals surface area contributed by atoms with Crippen LogP contribution in [0.2, 0.25) is 0 Å². The number of rotatable bonds is 8. The molecule has 204 valence electrons. The number of hydrogen-bond acceptors (Lipinski definition) is 6. The molecule has 0 saturated carbocycles. The lowest BCUT2D eigenvalue weighted by Gasteiger charge is -2.26. The minimum absolute atomic E-state index is 0. The van der Waals surface area contributed by atoms with Gasteiger partial charge in [-0.25, -0.2) is 13.1 Å². The van der Waals surface area contributed by atoms with Crippen molar-refractivity contribution in [3.63, 3.8) is 0 Å². The molecular weight excluding hydrogens is 512 g/mol. The van der Waals surface area contributed by atoms with Crippen LogP contribution in [0.15, 0.2) is 83.8 Å². The molecule has 1 saturated heterocycles. The highest BCUT2D eigenvalue weighted by atomic mass is 32.2. The zero-order valence-electron chi connectivity index (χ0n) is 22.1. The van der Waals surface area contributed by atoms with Gasteiger partial charge in [0.05, 0.1) is 30.3 Å². The average Bonchev–Trinajstić information content (AvgIpc) is 3.36. The summed E-state index contributed by atoms with van der Waals surface area (Å²) in [5.74, 6) is -0.728. The molecule has 0 unspecified atom stereocenters. The third kappa shape index (κ3) is 6.27. The molecule has 0 bridgehead atoms. The highest BCUT2D eigenvalue weighted by Gasteiger charge is 2.24. The van der Waals surface area contributed by atoms with Crippen LogP contribution >= 0.6 is 0 Å². The Balaban J connectivity index is 0.00000370. The Morgan fingerprint density at radius 2 is 1.62 bits per heavy atom. The highest BCUT2D eigenvalue weighted by Crippen LogP contribution is 2.24. The number of hydrogen-bond donors (Lipinski definition) is 1. The summed E-state index contributed by atoms with van der Waals surface area (Å²) in [6, 6.07) is 23.6. The van der Waals surface area contributed by atoms with Crippen LogP contribution in [0.1, 0.15) is 34.2 Å². The molecule has 0 atom stereocenters. The van der Waals surface area contributed by atoms with Crippen molar-refractivity contribution in [1.29, 1.82) is 0 Å². The second-order valence-corrected chi connectivity index (χ2v) is 11.5. The fourth-order valence-electron chi connectivity index (χ4n) is 4.79. The van der Waals surface area contributed by atoms with E-state index in [1.54, 1.807) is 28.9 Å². The van der Waals surface area contributed by atoms with Crippen molar-refractivity contribution in [2.24, 2.45) is 0 Å². The lowest BCUT2D eigenvalue weighted by Crippen LogP contribution is -2.35. The topological polar surface area (TPSA) is 93.5 Å². The molecule has 0 spiro atoms. The number of aromatic nitrogens is 2. The number of morpholine rings is 1. The molecule has 1 N–H and O–H groups in total. The molecule has 2 heterocycles. The molecule has 1 aliphatic heterocycles. The number of amides is 1. The number of carbonyl (C=O) groups excluding carboxylic acids is 1. The van der Waals surface area contributed by atoms with Crippen molar-refractivity contribution >= 4 is 15.9 Å². The van der Waals surface area contributed by atoms with Gasteiger partial charge in [0.25, 0.3) is 15.9 Å². The highest BCUT2D eigenvalue weighted by molar-refractivity contribution is 7.90. The molecule has 0 radical (unpaired) electrons. The summed E-state index contributed by atoms with van der Waals surface area (Å²) in [4.78, 5) is 15.8. The summed E-state index contributed by atoms with van der Waals surface area (Å²) in [6.45, 7) is 8.38. The van der Waals surface area contributed by atoms with Gasteiger partial charge in [0, 0.05) is 26.6 Å².